The Morgan fingerprint density at radius 1 is 1.28 bits per heavy atom. The van der Waals surface area contributed by atoms with Crippen LogP contribution in [-0.2, 0) is 23.1 Å². The molecule has 32 heavy (non-hydrogen) atoms. The number of rotatable bonds is 10. The summed E-state index contributed by atoms with van der Waals surface area (Å²) >= 11 is 1.44. The van der Waals surface area contributed by atoms with E-state index in [1.807, 2.05) is 23.1 Å². The average Bonchev–Trinajstić information content (AvgIpc) is 3.35. The van der Waals surface area contributed by atoms with Gasteiger partial charge in [-0.25, -0.2) is 17.7 Å². The van der Waals surface area contributed by atoms with Crippen LogP contribution in [0, 0.1) is 0 Å². The molecule has 174 valence electrons. The van der Waals surface area contributed by atoms with Crippen LogP contribution >= 0.6 is 11.3 Å². The number of hydrogen-bond donors (Lipinski definition) is 0. The van der Waals surface area contributed by atoms with Gasteiger partial charge in [0.2, 0.25) is 10.0 Å². The standard InChI is InChI=1S/C20H25F2N5O3S2/c1-4-26-13-16(12-23-26)24-20-27(11-5-10-25(2)32(3,28)29)18(14-31-20)15-6-8-17(9-7-15)30-19(21)22/h6-9,12-14,19H,4-5,10-11H2,1-3H3. The lowest BCUT2D eigenvalue weighted by atomic mass is 10.1. The van der Waals surface area contributed by atoms with Crippen molar-refractivity contribution >= 4 is 27.0 Å². The molecule has 0 spiro atoms. The summed E-state index contributed by atoms with van der Waals surface area (Å²) in [5.74, 6) is 0.0807. The minimum absolute atomic E-state index is 0.0807. The summed E-state index contributed by atoms with van der Waals surface area (Å²) in [5, 5.41) is 6.18. The molecular weight excluding hydrogens is 460 g/mol. The van der Waals surface area contributed by atoms with Gasteiger partial charge in [-0.05, 0) is 43.2 Å². The second kappa shape index (κ2) is 10.4. The normalized spacial score (nSPS) is 12.8. The van der Waals surface area contributed by atoms with Crippen LogP contribution in [0.2, 0.25) is 0 Å². The van der Waals surface area contributed by atoms with Crippen LogP contribution in [0.5, 0.6) is 5.75 Å². The van der Waals surface area contributed by atoms with E-state index in [0.29, 0.717) is 25.2 Å². The van der Waals surface area contributed by atoms with Crippen molar-refractivity contribution in [2.24, 2.45) is 4.99 Å². The van der Waals surface area contributed by atoms with Crippen LogP contribution in [0.4, 0.5) is 14.5 Å². The van der Waals surface area contributed by atoms with Gasteiger partial charge in [0.15, 0.2) is 4.80 Å². The summed E-state index contributed by atoms with van der Waals surface area (Å²) in [5.41, 5.74) is 2.37. The lowest BCUT2D eigenvalue weighted by Crippen LogP contribution is -2.28. The Morgan fingerprint density at radius 2 is 2.00 bits per heavy atom. The molecule has 0 aliphatic carbocycles. The molecule has 2 aromatic heterocycles. The second-order valence-corrected chi connectivity index (χ2v) is 9.99. The van der Waals surface area contributed by atoms with Crippen LogP contribution in [0.1, 0.15) is 13.3 Å². The third-order valence-corrected chi connectivity index (χ3v) is 6.94. The molecule has 3 rings (SSSR count). The highest BCUT2D eigenvalue weighted by molar-refractivity contribution is 7.88. The summed E-state index contributed by atoms with van der Waals surface area (Å²) in [6.45, 7) is 0.716. The van der Waals surface area contributed by atoms with Gasteiger partial charge in [0.1, 0.15) is 11.4 Å². The monoisotopic (exact) mass is 485 g/mol. The van der Waals surface area contributed by atoms with Crippen LogP contribution in [0.15, 0.2) is 47.0 Å². The van der Waals surface area contributed by atoms with E-state index in [1.165, 1.54) is 34.0 Å². The quantitative estimate of drug-likeness (QED) is 0.440. The first-order valence-corrected chi connectivity index (χ1v) is 12.6. The zero-order valence-electron chi connectivity index (χ0n) is 18.0. The predicted octanol–water partition coefficient (Wildman–Crippen LogP) is 3.55. The van der Waals surface area contributed by atoms with Crippen molar-refractivity contribution in [1.29, 1.82) is 0 Å². The lowest BCUT2D eigenvalue weighted by molar-refractivity contribution is -0.0498. The Labute approximate surface area is 189 Å². The molecule has 0 amide bonds. The molecule has 0 saturated heterocycles. The second-order valence-electron chi connectivity index (χ2n) is 7.06. The molecule has 0 atom stereocenters. The number of ether oxygens (including phenoxy) is 1. The Kier molecular flexibility index (Phi) is 7.80. The zero-order chi connectivity index (χ0) is 23.3. The third-order valence-electron chi connectivity index (χ3n) is 4.76. The van der Waals surface area contributed by atoms with Gasteiger partial charge in [-0.3, -0.25) is 4.68 Å². The van der Waals surface area contributed by atoms with Gasteiger partial charge in [0.05, 0.1) is 24.3 Å². The molecule has 0 aliphatic heterocycles. The van der Waals surface area contributed by atoms with Crippen LogP contribution in [0.25, 0.3) is 11.3 Å². The van der Waals surface area contributed by atoms with Crippen molar-refractivity contribution in [3.63, 3.8) is 0 Å². The maximum absolute atomic E-state index is 12.4. The van der Waals surface area contributed by atoms with Crippen LogP contribution in [-0.4, -0.2) is 53.5 Å². The van der Waals surface area contributed by atoms with Crippen LogP contribution in [0.3, 0.4) is 0 Å². The highest BCUT2D eigenvalue weighted by atomic mass is 32.2. The number of nitrogens with zero attached hydrogens (tertiary/aromatic N) is 5. The number of halogens is 2. The van der Waals surface area contributed by atoms with Gasteiger partial charge in [0, 0.05) is 32.1 Å². The minimum Gasteiger partial charge on any atom is -0.435 e. The first-order chi connectivity index (χ1) is 15.2. The zero-order valence-corrected chi connectivity index (χ0v) is 19.6. The fourth-order valence-corrected chi connectivity index (χ4v) is 4.40. The van der Waals surface area contributed by atoms with Crippen molar-refractivity contribution in [1.82, 2.24) is 18.7 Å². The summed E-state index contributed by atoms with van der Waals surface area (Å²) in [6.07, 6.45) is 5.27. The number of alkyl halides is 2. The summed E-state index contributed by atoms with van der Waals surface area (Å²) in [4.78, 5) is 5.43. The molecular formula is C20H25F2N5O3S2. The molecule has 0 aliphatic rings. The Morgan fingerprint density at radius 3 is 2.59 bits per heavy atom. The third kappa shape index (κ3) is 6.24. The van der Waals surface area contributed by atoms with Crippen LogP contribution < -0.4 is 9.54 Å². The molecule has 3 aromatic rings. The molecule has 2 heterocycles. The number of benzene rings is 1. The molecule has 1 aromatic carbocycles. The minimum atomic E-state index is -3.26. The predicted molar refractivity (Wildman–Crippen MR) is 120 cm³/mol. The average molecular weight is 486 g/mol. The lowest BCUT2D eigenvalue weighted by Gasteiger charge is -2.15. The van der Waals surface area contributed by atoms with Gasteiger partial charge in [-0.1, -0.05) is 0 Å². The molecule has 8 nitrogen and oxygen atoms in total. The van der Waals surface area contributed by atoms with Gasteiger partial charge in [-0.15, -0.1) is 11.3 Å². The molecule has 0 N–H and O–H groups in total. The van der Waals surface area contributed by atoms with Crippen molar-refractivity contribution in [3.05, 3.63) is 46.8 Å². The first-order valence-electron chi connectivity index (χ1n) is 9.89. The Hall–Kier alpha value is -2.57. The van der Waals surface area contributed by atoms with E-state index in [0.717, 1.165) is 22.6 Å². The molecule has 0 fully saturated rings. The maximum Gasteiger partial charge on any atom is 0.387 e. The van der Waals surface area contributed by atoms with E-state index in [2.05, 4.69) is 9.84 Å². The van der Waals surface area contributed by atoms with Gasteiger partial charge in [-0.2, -0.15) is 13.9 Å². The fourth-order valence-electron chi connectivity index (χ4n) is 2.98. The van der Waals surface area contributed by atoms with Gasteiger partial charge >= 0.3 is 6.61 Å². The smallest absolute Gasteiger partial charge is 0.387 e. The van der Waals surface area contributed by atoms with Crippen molar-refractivity contribution in [2.45, 2.75) is 33.0 Å². The molecule has 0 bridgehead atoms. The molecule has 12 heteroatoms. The van der Waals surface area contributed by atoms with Gasteiger partial charge in [0.25, 0.3) is 0 Å². The number of thiazole rings is 1. The number of hydrogen-bond acceptors (Lipinski definition) is 6. The van der Waals surface area contributed by atoms with Gasteiger partial charge < -0.3 is 9.30 Å². The Balaban J connectivity index is 1.93. The molecule has 0 radical (unpaired) electrons. The van der Waals surface area contributed by atoms with E-state index >= 15 is 0 Å². The summed E-state index contributed by atoms with van der Waals surface area (Å²) in [6, 6.07) is 6.39. The number of sulfonamides is 1. The van der Waals surface area contributed by atoms with Crippen molar-refractivity contribution in [3.8, 4) is 17.0 Å². The summed E-state index contributed by atoms with van der Waals surface area (Å²) in [7, 11) is -1.72. The topological polar surface area (TPSA) is 81.7 Å². The van der Waals surface area contributed by atoms with E-state index in [-0.39, 0.29) is 5.75 Å². The largest absolute Gasteiger partial charge is 0.435 e. The highest BCUT2D eigenvalue weighted by Gasteiger charge is 2.13. The summed E-state index contributed by atoms with van der Waals surface area (Å²) < 4.78 is 57.8. The number of aryl methyl sites for hydroxylation is 1. The number of aromatic nitrogens is 3. The molecule has 0 unspecified atom stereocenters. The fraction of sp³-hybridized carbons (Fsp3) is 0.400. The molecule has 0 saturated carbocycles. The van der Waals surface area contributed by atoms with Crippen molar-refractivity contribution < 1.29 is 21.9 Å². The van der Waals surface area contributed by atoms with E-state index in [1.54, 1.807) is 30.1 Å². The highest BCUT2D eigenvalue weighted by Crippen LogP contribution is 2.24. The van der Waals surface area contributed by atoms with Crippen molar-refractivity contribution in [2.75, 3.05) is 19.8 Å². The first kappa shape index (κ1) is 24.1. The maximum atomic E-state index is 12.4. The van der Waals surface area contributed by atoms with E-state index in [9.17, 15) is 17.2 Å². The SMILES string of the molecule is CCn1cc(N=c2scc(-c3ccc(OC(F)F)cc3)n2CCCN(C)S(C)(=O)=O)cn1. The van der Waals surface area contributed by atoms with E-state index < -0.39 is 16.6 Å². The Bertz CT molecular complexity index is 1200. The van der Waals surface area contributed by atoms with E-state index in [4.69, 9.17) is 4.99 Å².